The van der Waals surface area contributed by atoms with Gasteiger partial charge in [0.2, 0.25) is 0 Å². The van der Waals surface area contributed by atoms with Gasteiger partial charge in [-0.15, -0.1) is 0 Å². The minimum absolute atomic E-state index is 0.0999. The first-order valence-corrected chi connectivity index (χ1v) is 10.3. The van der Waals surface area contributed by atoms with Crippen molar-refractivity contribution in [2.75, 3.05) is 4.90 Å². The number of amides is 1. The van der Waals surface area contributed by atoms with Crippen LogP contribution in [-0.4, -0.2) is 11.6 Å². The molecule has 0 N–H and O–H groups in total. The van der Waals surface area contributed by atoms with Gasteiger partial charge in [0.05, 0.1) is 17.9 Å². The molecule has 1 aliphatic rings. The Morgan fingerprint density at radius 3 is 2.38 bits per heavy atom. The molecule has 1 atom stereocenters. The molecule has 0 bridgehead atoms. The molecule has 0 radical (unpaired) electrons. The summed E-state index contributed by atoms with van der Waals surface area (Å²) < 4.78 is 0. The summed E-state index contributed by atoms with van der Waals surface area (Å²) in [6.45, 7) is 4.81. The Labute approximate surface area is 176 Å². The van der Waals surface area contributed by atoms with Crippen LogP contribution in [0.5, 0.6) is 0 Å². The second kappa shape index (κ2) is 8.22. The number of hydrogen-bond acceptors (Lipinski definition) is 2. The fourth-order valence-corrected chi connectivity index (χ4v) is 3.76. The zero-order valence-electron chi connectivity index (χ0n) is 16.6. The van der Waals surface area contributed by atoms with Gasteiger partial charge in [0.25, 0.3) is 5.91 Å². The van der Waals surface area contributed by atoms with Gasteiger partial charge in [0.1, 0.15) is 5.71 Å². The van der Waals surface area contributed by atoms with E-state index in [-0.39, 0.29) is 5.91 Å². The van der Waals surface area contributed by atoms with Crippen molar-refractivity contribution in [2.45, 2.75) is 32.7 Å². The maximum absolute atomic E-state index is 13.3. The maximum atomic E-state index is 13.3. The Morgan fingerprint density at radius 1 is 0.966 bits per heavy atom. The minimum Gasteiger partial charge on any atom is -0.302 e. The second-order valence-electron chi connectivity index (χ2n) is 7.36. The van der Waals surface area contributed by atoms with Gasteiger partial charge >= 0.3 is 0 Å². The lowest BCUT2D eigenvalue weighted by molar-refractivity contribution is -0.112. The zero-order valence-corrected chi connectivity index (χ0v) is 17.4. The lowest BCUT2D eigenvalue weighted by atomic mass is 9.99. The van der Waals surface area contributed by atoms with Crippen LogP contribution < -0.4 is 4.90 Å². The molecule has 3 nitrogen and oxygen atoms in total. The van der Waals surface area contributed by atoms with Gasteiger partial charge < -0.3 is 4.90 Å². The van der Waals surface area contributed by atoms with E-state index < -0.39 is 0 Å². The van der Waals surface area contributed by atoms with Crippen molar-refractivity contribution in [2.24, 2.45) is 4.99 Å². The van der Waals surface area contributed by atoms with E-state index in [0.29, 0.717) is 23.2 Å². The summed E-state index contributed by atoms with van der Waals surface area (Å²) in [6.07, 6.45) is 1.09. The highest BCUT2D eigenvalue weighted by Crippen LogP contribution is 2.33. The number of anilines is 1. The van der Waals surface area contributed by atoms with Crippen LogP contribution in [0.4, 0.5) is 11.4 Å². The molecule has 0 spiro atoms. The van der Waals surface area contributed by atoms with E-state index in [9.17, 15) is 4.79 Å². The molecule has 4 heteroatoms. The summed E-state index contributed by atoms with van der Waals surface area (Å²) in [4.78, 5) is 19.7. The van der Waals surface area contributed by atoms with Crippen LogP contribution in [0.1, 0.15) is 42.9 Å². The Bertz CT molecular complexity index is 1070. The summed E-state index contributed by atoms with van der Waals surface area (Å²) in [5, 5.41) is 0.656. The molecule has 146 valence electrons. The molecular formula is C25H23ClN2O. The van der Waals surface area contributed by atoms with Crippen LogP contribution in [0, 0.1) is 0 Å². The van der Waals surface area contributed by atoms with Crippen molar-refractivity contribution in [3.63, 3.8) is 0 Å². The number of para-hydroxylation sites is 1. The van der Waals surface area contributed by atoms with Crippen molar-refractivity contribution in [1.29, 1.82) is 0 Å². The number of nitrogens with zero attached hydrogens (tertiary/aromatic N) is 2. The average Bonchev–Trinajstić information content (AvgIpc) is 3.01. The molecule has 1 amide bonds. The first-order chi connectivity index (χ1) is 14.1. The SMILES string of the molecule is CCC(C)c1ccc(N=C2C(=O)N(Cc3ccccc3Cl)c3ccccc32)cc1. The Kier molecular flexibility index (Phi) is 5.50. The molecular weight excluding hydrogens is 380 g/mol. The third kappa shape index (κ3) is 3.83. The maximum Gasteiger partial charge on any atom is 0.277 e. The largest absolute Gasteiger partial charge is 0.302 e. The molecule has 0 saturated heterocycles. The van der Waals surface area contributed by atoms with Gasteiger partial charge in [0, 0.05) is 10.6 Å². The molecule has 3 aromatic carbocycles. The summed E-state index contributed by atoms with van der Waals surface area (Å²) in [5.41, 5.74) is 5.19. The van der Waals surface area contributed by atoms with Gasteiger partial charge in [-0.2, -0.15) is 0 Å². The van der Waals surface area contributed by atoms with E-state index in [1.165, 1.54) is 5.56 Å². The highest BCUT2D eigenvalue weighted by atomic mass is 35.5. The molecule has 1 heterocycles. The zero-order chi connectivity index (χ0) is 20.4. The van der Waals surface area contributed by atoms with Crippen molar-refractivity contribution < 1.29 is 4.79 Å². The molecule has 3 aromatic rings. The Hall–Kier alpha value is -2.91. The number of carbonyl (C=O) groups is 1. The van der Waals surface area contributed by atoms with E-state index in [1.54, 1.807) is 4.90 Å². The average molecular weight is 403 g/mol. The predicted molar refractivity (Wildman–Crippen MR) is 120 cm³/mol. The summed E-state index contributed by atoms with van der Waals surface area (Å²) in [6, 6.07) is 23.6. The van der Waals surface area contributed by atoms with Crippen LogP contribution >= 0.6 is 11.6 Å². The standard InChI is InChI=1S/C25H23ClN2O/c1-3-17(2)18-12-14-20(15-13-18)27-24-21-9-5-7-11-23(21)28(25(24)29)16-19-8-4-6-10-22(19)26/h4-15,17H,3,16H2,1-2H3. The summed E-state index contributed by atoms with van der Waals surface area (Å²) in [5.74, 6) is 0.411. The molecule has 0 aromatic heterocycles. The molecule has 4 rings (SSSR count). The van der Waals surface area contributed by atoms with Gasteiger partial charge in [0.15, 0.2) is 0 Å². The first-order valence-electron chi connectivity index (χ1n) is 9.91. The van der Waals surface area contributed by atoms with E-state index in [1.807, 2.05) is 60.7 Å². The van der Waals surface area contributed by atoms with E-state index in [4.69, 9.17) is 16.6 Å². The first kappa shape index (κ1) is 19.4. The number of fused-ring (bicyclic) bond motifs is 1. The number of aliphatic imine (C=N–C) groups is 1. The summed E-state index contributed by atoms with van der Waals surface area (Å²) >= 11 is 6.33. The topological polar surface area (TPSA) is 32.7 Å². The number of benzene rings is 3. The van der Waals surface area contributed by atoms with Gasteiger partial charge in [-0.05, 0) is 47.7 Å². The third-order valence-electron chi connectivity index (χ3n) is 5.50. The smallest absolute Gasteiger partial charge is 0.277 e. The molecule has 0 aliphatic carbocycles. The van der Waals surface area contributed by atoms with Gasteiger partial charge in [-0.1, -0.05) is 74.0 Å². The number of rotatable bonds is 5. The fraction of sp³-hybridized carbons (Fsp3) is 0.200. The molecule has 29 heavy (non-hydrogen) atoms. The van der Waals surface area contributed by atoms with Crippen LogP contribution in [0.15, 0.2) is 77.8 Å². The monoisotopic (exact) mass is 402 g/mol. The Balaban J connectivity index is 1.69. The number of carbonyl (C=O) groups excluding carboxylic acids is 1. The van der Waals surface area contributed by atoms with Crippen molar-refractivity contribution in [3.8, 4) is 0 Å². The number of halogens is 1. The normalized spacial score (nSPS) is 15.6. The Morgan fingerprint density at radius 2 is 1.66 bits per heavy atom. The van der Waals surface area contributed by atoms with Crippen molar-refractivity contribution >= 4 is 34.6 Å². The quantitative estimate of drug-likeness (QED) is 0.478. The number of hydrogen-bond donors (Lipinski definition) is 0. The van der Waals surface area contributed by atoms with Crippen molar-refractivity contribution in [1.82, 2.24) is 0 Å². The summed E-state index contributed by atoms with van der Waals surface area (Å²) in [7, 11) is 0. The van der Waals surface area contributed by atoms with Crippen LogP contribution in [-0.2, 0) is 11.3 Å². The second-order valence-corrected chi connectivity index (χ2v) is 7.77. The molecule has 0 saturated carbocycles. The molecule has 1 unspecified atom stereocenters. The van der Waals surface area contributed by atoms with Crippen molar-refractivity contribution in [3.05, 3.63) is 94.5 Å². The van der Waals surface area contributed by atoms with Crippen LogP contribution in [0.3, 0.4) is 0 Å². The van der Waals surface area contributed by atoms with E-state index in [2.05, 4.69) is 26.0 Å². The molecule has 0 fully saturated rings. The minimum atomic E-state index is -0.0999. The fourth-order valence-electron chi connectivity index (χ4n) is 3.57. The highest BCUT2D eigenvalue weighted by Gasteiger charge is 2.33. The highest BCUT2D eigenvalue weighted by molar-refractivity contribution is 6.54. The van der Waals surface area contributed by atoms with Gasteiger partial charge in [-0.25, -0.2) is 4.99 Å². The lowest BCUT2D eigenvalue weighted by Crippen LogP contribution is -2.29. The third-order valence-corrected chi connectivity index (χ3v) is 5.87. The van der Waals surface area contributed by atoms with Crippen LogP contribution in [0.25, 0.3) is 0 Å². The molecule has 1 aliphatic heterocycles. The lowest BCUT2D eigenvalue weighted by Gasteiger charge is -2.17. The van der Waals surface area contributed by atoms with Gasteiger partial charge in [-0.3, -0.25) is 4.79 Å². The van der Waals surface area contributed by atoms with E-state index >= 15 is 0 Å². The van der Waals surface area contributed by atoms with E-state index in [0.717, 1.165) is 28.9 Å². The predicted octanol–water partition coefficient (Wildman–Crippen LogP) is 6.52. The van der Waals surface area contributed by atoms with Crippen LogP contribution in [0.2, 0.25) is 5.02 Å².